The Hall–Kier alpha value is -2.48. The van der Waals surface area contributed by atoms with Crippen LogP contribution in [0.4, 0.5) is 4.39 Å². The van der Waals surface area contributed by atoms with E-state index in [1.165, 1.54) is 29.4 Å². The summed E-state index contributed by atoms with van der Waals surface area (Å²) in [6.45, 7) is 1.89. The highest BCUT2D eigenvalue weighted by atomic mass is 32.2. The molecule has 0 aliphatic carbocycles. The van der Waals surface area contributed by atoms with Crippen molar-refractivity contribution in [3.05, 3.63) is 62.3 Å². The molecule has 0 saturated heterocycles. The number of fused-ring (bicyclic) bond motifs is 1. The molecule has 0 atom stereocenters. The van der Waals surface area contributed by atoms with Crippen LogP contribution in [0.2, 0.25) is 0 Å². The highest BCUT2D eigenvalue weighted by Gasteiger charge is 2.17. The first kappa shape index (κ1) is 17.3. The summed E-state index contributed by atoms with van der Waals surface area (Å²) in [5.41, 5.74) is -0.0602. The summed E-state index contributed by atoms with van der Waals surface area (Å²) < 4.78 is 16.2. The minimum atomic E-state index is -0.447. The van der Waals surface area contributed by atoms with Crippen LogP contribution in [0.1, 0.15) is 18.3 Å². The second-order valence-electron chi connectivity index (χ2n) is 5.58. The maximum Gasteiger partial charge on any atom is 0.332 e. The second kappa shape index (κ2) is 6.79. The van der Waals surface area contributed by atoms with Gasteiger partial charge in [-0.05, 0) is 11.6 Å². The fourth-order valence-corrected chi connectivity index (χ4v) is 3.52. The number of thioether (sulfide) groups is 1. The summed E-state index contributed by atoms with van der Waals surface area (Å²) in [6.07, 6.45) is 0.562. The zero-order valence-electron chi connectivity index (χ0n) is 14.1. The van der Waals surface area contributed by atoms with E-state index >= 15 is 0 Å². The molecule has 0 radical (unpaired) electrons. The Morgan fingerprint density at radius 2 is 1.84 bits per heavy atom. The molecule has 2 heterocycles. The van der Waals surface area contributed by atoms with E-state index in [1.807, 2.05) is 6.92 Å². The molecule has 0 aliphatic heterocycles. The van der Waals surface area contributed by atoms with Crippen LogP contribution in [0.25, 0.3) is 11.0 Å². The Balaban J connectivity index is 2.18. The molecule has 1 aromatic carbocycles. The van der Waals surface area contributed by atoms with Crippen molar-refractivity contribution in [2.75, 3.05) is 0 Å². The Kier molecular flexibility index (Phi) is 4.71. The molecule has 0 amide bonds. The molecule has 0 saturated carbocycles. The van der Waals surface area contributed by atoms with Gasteiger partial charge in [-0.2, -0.15) is 0 Å². The van der Waals surface area contributed by atoms with Crippen LogP contribution in [-0.4, -0.2) is 19.1 Å². The number of rotatable bonds is 4. The van der Waals surface area contributed by atoms with Crippen LogP contribution in [-0.2, 0) is 26.3 Å². The summed E-state index contributed by atoms with van der Waals surface area (Å²) in [4.78, 5) is 33.5. The van der Waals surface area contributed by atoms with Gasteiger partial charge in [0, 0.05) is 26.3 Å². The first-order valence-corrected chi connectivity index (χ1v) is 8.75. The molecule has 0 bridgehead atoms. The molecule has 130 valence electrons. The van der Waals surface area contributed by atoms with Crippen molar-refractivity contribution >= 4 is 22.8 Å². The Bertz CT molecular complexity index is 1070. The second-order valence-corrected chi connectivity index (χ2v) is 6.55. The minimum absolute atomic E-state index is 0.281. The third-order valence-corrected chi connectivity index (χ3v) is 4.98. The van der Waals surface area contributed by atoms with Gasteiger partial charge >= 0.3 is 5.69 Å². The van der Waals surface area contributed by atoms with Crippen molar-refractivity contribution in [3.8, 4) is 0 Å². The lowest BCUT2D eigenvalue weighted by Crippen LogP contribution is -2.37. The van der Waals surface area contributed by atoms with E-state index in [-0.39, 0.29) is 11.2 Å². The lowest BCUT2D eigenvalue weighted by atomic mass is 10.2. The molecule has 0 N–H and O–H groups in total. The highest BCUT2D eigenvalue weighted by molar-refractivity contribution is 7.98. The predicted molar refractivity (Wildman–Crippen MR) is 95.4 cm³/mol. The number of nitrogens with zero attached hydrogens (tertiary/aromatic N) is 4. The number of benzene rings is 1. The van der Waals surface area contributed by atoms with E-state index in [1.54, 1.807) is 25.2 Å². The first-order chi connectivity index (χ1) is 11.9. The number of hydrogen-bond acceptors (Lipinski definition) is 5. The molecular weight excluding hydrogens is 343 g/mol. The topological polar surface area (TPSA) is 69.8 Å². The van der Waals surface area contributed by atoms with Gasteiger partial charge in [0.15, 0.2) is 5.65 Å². The molecule has 0 spiro atoms. The molecule has 3 rings (SSSR count). The molecule has 0 unspecified atom stereocenters. The standard InChI is InChI=1S/C17H17FN4O2S/c1-4-12-19-14-13(16(23)22(3)17(24)21(14)2)15(20-12)25-9-10-7-5-6-8-11(10)18/h5-8H,4,9H2,1-3H3. The largest absolute Gasteiger partial charge is 0.332 e. The summed E-state index contributed by atoms with van der Waals surface area (Å²) in [6, 6.07) is 6.48. The van der Waals surface area contributed by atoms with Gasteiger partial charge in [-0.25, -0.2) is 19.2 Å². The molecule has 0 aliphatic rings. The van der Waals surface area contributed by atoms with Crippen molar-refractivity contribution in [1.82, 2.24) is 19.1 Å². The Morgan fingerprint density at radius 1 is 1.12 bits per heavy atom. The smallest absolute Gasteiger partial charge is 0.280 e. The van der Waals surface area contributed by atoms with Crippen LogP contribution >= 0.6 is 11.8 Å². The molecule has 0 fully saturated rings. The van der Waals surface area contributed by atoms with Gasteiger partial charge < -0.3 is 0 Å². The van der Waals surface area contributed by atoms with E-state index in [0.29, 0.717) is 34.2 Å². The van der Waals surface area contributed by atoms with Gasteiger partial charge in [-0.3, -0.25) is 13.9 Å². The average Bonchev–Trinajstić information content (AvgIpc) is 2.63. The lowest BCUT2D eigenvalue weighted by Gasteiger charge is -2.11. The van der Waals surface area contributed by atoms with Crippen molar-refractivity contribution < 1.29 is 4.39 Å². The van der Waals surface area contributed by atoms with Crippen molar-refractivity contribution in [1.29, 1.82) is 0 Å². The summed E-state index contributed by atoms with van der Waals surface area (Å²) in [5.74, 6) is 0.560. The van der Waals surface area contributed by atoms with Crippen LogP contribution in [0, 0.1) is 5.82 Å². The molecular formula is C17H17FN4O2S. The summed E-state index contributed by atoms with van der Waals surface area (Å²) in [7, 11) is 2.99. The maximum atomic E-state index is 13.9. The molecule has 6 nitrogen and oxygen atoms in total. The van der Waals surface area contributed by atoms with Gasteiger partial charge in [0.05, 0.1) is 0 Å². The van der Waals surface area contributed by atoms with E-state index in [4.69, 9.17) is 0 Å². The number of halogens is 1. The van der Waals surface area contributed by atoms with Gasteiger partial charge in [-0.15, -0.1) is 11.8 Å². The van der Waals surface area contributed by atoms with Gasteiger partial charge in [0.25, 0.3) is 5.56 Å². The van der Waals surface area contributed by atoms with Gasteiger partial charge in [0.1, 0.15) is 22.1 Å². The average molecular weight is 360 g/mol. The van der Waals surface area contributed by atoms with Crippen LogP contribution in [0.5, 0.6) is 0 Å². The normalized spacial score (nSPS) is 11.2. The van der Waals surface area contributed by atoms with Crippen LogP contribution in [0.15, 0.2) is 38.9 Å². The number of aromatic nitrogens is 4. The van der Waals surface area contributed by atoms with Crippen molar-refractivity contribution in [2.24, 2.45) is 14.1 Å². The summed E-state index contributed by atoms with van der Waals surface area (Å²) in [5, 5.41) is 0.740. The SMILES string of the molecule is CCc1nc(SCc2ccccc2F)c2c(=O)n(C)c(=O)n(C)c2n1. The van der Waals surface area contributed by atoms with E-state index in [0.717, 1.165) is 4.57 Å². The van der Waals surface area contributed by atoms with Crippen molar-refractivity contribution in [2.45, 2.75) is 24.1 Å². The van der Waals surface area contributed by atoms with Crippen LogP contribution in [0.3, 0.4) is 0 Å². The van der Waals surface area contributed by atoms with E-state index < -0.39 is 11.2 Å². The lowest BCUT2D eigenvalue weighted by molar-refractivity contribution is 0.617. The van der Waals surface area contributed by atoms with E-state index in [2.05, 4.69) is 9.97 Å². The molecule has 2 aromatic heterocycles. The fraction of sp³-hybridized carbons (Fsp3) is 0.294. The van der Waals surface area contributed by atoms with Gasteiger partial charge in [0.2, 0.25) is 0 Å². The fourth-order valence-electron chi connectivity index (χ4n) is 2.50. The molecule has 25 heavy (non-hydrogen) atoms. The zero-order valence-corrected chi connectivity index (χ0v) is 14.9. The monoisotopic (exact) mass is 360 g/mol. The third kappa shape index (κ3) is 3.09. The first-order valence-electron chi connectivity index (χ1n) is 7.76. The number of hydrogen-bond donors (Lipinski definition) is 0. The maximum absolute atomic E-state index is 13.9. The molecule has 3 aromatic rings. The van der Waals surface area contributed by atoms with Crippen LogP contribution < -0.4 is 11.2 Å². The third-order valence-electron chi connectivity index (χ3n) is 3.95. The van der Waals surface area contributed by atoms with Crippen molar-refractivity contribution in [3.63, 3.8) is 0 Å². The summed E-state index contributed by atoms with van der Waals surface area (Å²) >= 11 is 1.26. The van der Waals surface area contributed by atoms with E-state index in [9.17, 15) is 14.0 Å². The number of aryl methyl sites for hydroxylation is 2. The van der Waals surface area contributed by atoms with Gasteiger partial charge in [-0.1, -0.05) is 25.1 Å². The quantitative estimate of drug-likeness (QED) is 0.526. The highest BCUT2D eigenvalue weighted by Crippen LogP contribution is 2.26. The predicted octanol–water partition coefficient (Wildman–Crippen LogP) is 2.02. The Labute approximate surface area is 147 Å². The molecule has 8 heteroatoms. The zero-order chi connectivity index (χ0) is 18.1. The minimum Gasteiger partial charge on any atom is -0.280 e. The Morgan fingerprint density at radius 3 is 2.52 bits per heavy atom.